The van der Waals surface area contributed by atoms with Gasteiger partial charge in [0.05, 0.1) is 24.8 Å². The molecule has 4 rings (SSSR count). The maximum Gasteiger partial charge on any atom is 0.251 e. The lowest BCUT2D eigenvalue weighted by atomic mass is 10.0. The Morgan fingerprint density at radius 3 is 2.62 bits per heavy atom. The molecule has 0 aliphatic heterocycles. The predicted molar refractivity (Wildman–Crippen MR) is 132 cm³/mol. The van der Waals surface area contributed by atoms with Gasteiger partial charge < -0.3 is 14.6 Å². The Kier molecular flexibility index (Phi) is 7.59. The van der Waals surface area contributed by atoms with Crippen LogP contribution < -0.4 is 10.1 Å². The molecule has 0 fully saturated rings. The summed E-state index contributed by atoms with van der Waals surface area (Å²) in [6, 6.07) is 24.3. The van der Waals surface area contributed by atoms with Gasteiger partial charge in [0.25, 0.3) is 5.91 Å². The highest BCUT2D eigenvalue weighted by atomic mass is 35.5. The van der Waals surface area contributed by atoms with Gasteiger partial charge in [0.15, 0.2) is 5.58 Å². The molecule has 0 radical (unpaired) electrons. The summed E-state index contributed by atoms with van der Waals surface area (Å²) >= 11 is 5.98. The highest BCUT2D eigenvalue weighted by Crippen LogP contribution is 2.23. The Balaban J connectivity index is 1.46. The first kappa shape index (κ1) is 23.1. The standard InChI is InChI=1S/C27H22ClN3O3/c28-21-10-6-19(7-11-21)18-24(27(32)30-16-3-15-29)20-8-12-22(13-9-20)33-17-14-25-23-4-1-2-5-26(23)34-31-25/h1-2,4-13,18H,3,14,16-17H2,(H,30,32)/b24-18+. The van der Waals surface area contributed by atoms with E-state index in [0.717, 1.165) is 27.8 Å². The van der Waals surface area contributed by atoms with E-state index < -0.39 is 0 Å². The number of halogens is 1. The van der Waals surface area contributed by atoms with Gasteiger partial charge >= 0.3 is 0 Å². The van der Waals surface area contributed by atoms with Gasteiger partial charge in [-0.15, -0.1) is 0 Å². The summed E-state index contributed by atoms with van der Waals surface area (Å²) < 4.78 is 11.2. The highest BCUT2D eigenvalue weighted by Gasteiger charge is 2.13. The van der Waals surface area contributed by atoms with E-state index in [4.69, 9.17) is 26.1 Å². The van der Waals surface area contributed by atoms with E-state index in [1.54, 1.807) is 18.2 Å². The van der Waals surface area contributed by atoms with Gasteiger partial charge in [-0.2, -0.15) is 5.26 Å². The molecule has 1 amide bonds. The third kappa shape index (κ3) is 5.83. The van der Waals surface area contributed by atoms with E-state index in [1.165, 1.54) is 0 Å². The molecule has 0 aliphatic carbocycles. The van der Waals surface area contributed by atoms with Crippen LogP contribution in [0, 0.1) is 11.3 Å². The predicted octanol–water partition coefficient (Wildman–Crippen LogP) is 5.67. The van der Waals surface area contributed by atoms with Gasteiger partial charge in [-0.25, -0.2) is 0 Å². The third-order valence-corrected chi connectivity index (χ3v) is 5.43. The molecule has 1 heterocycles. The topological polar surface area (TPSA) is 88.2 Å². The number of carbonyl (C=O) groups excluding carboxylic acids is 1. The van der Waals surface area contributed by atoms with E-state index in [-0.39, 0.29) is 18.9 Å². The summed E-state index contributed by atoms with van der Waals surface area (Å²) in [5.41, 5.74) is 3.68. The molecule has 170 valence electrons. The minimum Gasteiger partial charge on any atom is -0.493 e. The zero-order valence-corrected chi connectivity index (χ0v) is 19.1. The molecule has 0 bridgehead atoms. The smallest absolute Gasteiger partial charge is 0.251 e. The summed E-state index contributed by atoms with van der Waals surface area (Å²) in [7, 11) is 0. The van der Waals surface area contributed by atoms with Crippen LogP contribution in [0.4, 0.5) is 0 Å². The number of rotatable bonds is 9. The van der Waals surface area contributed by atoms with Crippen molar-refractivity contribution in [2.75, 3.05) is 13.2 Å². The lowest BCUT2D eigenvalue weighted by molar-refractivity contribution is -0.115. The molecule has 6 nitrogen and oxygen atoms in total. The third-order valence-electron chi connectivity index (χ3n) is 5.17. The first-order valence-electron chi connectivity index (χ1n) is 10.8. The first-order chi connectivity index (χ1) is 16.6. The van der Waals surface area contributed by atoms with Gasteiger partial charge in [0.2, 0.25) is 0 Å². The molecule has 0 spiro atoms. The fourth-order valence-corrected chi connectivity index (χ4v) is 3.57. The zero-order chi connectivity index (χ0) is 23.8. The fraction of sp³-hybridized carbons (Fsp3) is 0.148. The summed E-state index contributed by atoms with van der Waals surface area (Å²) in [5.74, 6) is 0.434. The molecule has 3 aromatic carbocycles. The maximum absolute atomic E-state index is 12.8. The molecule has 34 heavy (non-hydrogen) atoms. The Morgan fingerprint density at radius 2 is 1.85 bits per heavy atom. The number of nitriles is 1. The second-order valence-corrected chi connectivity index (χ2v) is 7.96. The van der Waals surface area contributed by atoms with Crippen LogP contribution in [0.3, 0.4) is 0 Å². The van der Waals surface area contributed by atoms with Gasteiger partial charge in [-0.3, -0.25) is 4.79 Å². The van der Waals surface area contributed by atoms with Crippen molar-refractivity contribution in [2.24, 2.45) is 0 Å². The van der Waals surface area contributed by atoms with Crippen LogP contribution in [0.1, 0.15) is 23.2 Å². The largest absolute Gasteiger partial charge is 0.493 e. The number of carbonyl (C=O) groups is 1. The van der Waals surface area contributed by atoms with Crippen molar-refractivity contribution < 1.29 is 14.1 Å². The minimum atomic E-state index is -0.253. The lowest BCUT2D eigenvalue weighted by Crippen LogP contribution is -2.25. The summed E-state index contributed by atoms with van der Waals surface area (Å²) in [4.78, 5) is 12.8. The van der Waals surface area contributed by atoms with E-state index in [1.807, 2.05) is 66.7 Å². The fourth-order valence-electron chi connectivity index (χ4n) is 3.45. The lowest BCUT2D eigenvalue weighted by Gasteiger charge is -2.11. The molecule has 0 aliphatic rings. The Bertz CT molecular complexity index is 1340. The first-order valence-corrected chi connectivity index (χ1v) is 11.2. The number of fused-ring (bicyclic) bond motifs is 1. The number of amides is 1. The highest BCUT2D eigenvalue weighted by molar-refractivity contribution is 6.30. The SMILES string of the molecule is N#CCCNC(=O)/C(=C/c1ccc(Cl)cc1)c1ccc(OCCc2noc3ccccc23)cc1. The summed E-state index contributed by atoms with van der Waals surface area (Å²) in [5, 5.41) is 17.3. The van der Waals surface area contributed by atoms with Crippen molar-refractivity contribution in [1.82, 2.24) is 10.5 Å². The Labute approximate surface area is 202 Å². The number of aromatic nitrogens is 1. The van der Waals surface area contributed by atoms with Crippen molar-refractivity contribution in [2.45, 2.75) is 12.8 Å². The van der Waals surface area contributed by atoms with Crippen LogP contribution in [0.25, 0.3) is 22.6 Å². The number of ether oxygens (including phenoxy) is 1. The molecule has 7 heteroatoms. The molecule has 0 saturated heterocycles. The van der Waals surface area contributed by atoms with Crippen LogP contribution in [0.15, 0.2) is 77.3 Å². The van der Waals surface area contributed by atoms with Crippen molar-refractivity contribution >= 4 is 40.1 Å². The average Bonchev–Trinajstić information content (AvgIpc) is 3.27. The molecular formula is C27H22ClN3O3. The van der Waals surface area contributed by atoms with Crippen LogP contribution in [0.2, 0.25) is 5.02 Å². The van der Waals surface area contributed by atoms with E-state index in [9.17, 15) is 4.79 Å². The molecular weight excluding hydrogens is 450 g/mol. The van der Waals surface area contributed by atoms with Gasteiger partial charge in [-0.05, 0) is 53.6 Å². The summed E-state index contributed by atoms with van der Waals surface area (Å²) in [6.07, 6.45) is 2.65. The minimum absolute atomic E-state index is 0.244. The quantitative estimate of drug-likeness (QED) is 0.193. The van der Waals surface area contributed by atoms with Crippen LogP contribution >= 0.6 is 11.6 Å². The number of benzene rings is 3. The number of hydrogen-bond donors (Lipinski definition) is 1. The Hall–Kier alpha value is -4.08. The van der Waals surface area contributed by atoms with Crippen molar-refractivity contribution in [1.29, 1.82) is 5.26 Å². The molecule has 1 N–H and O–H groups in total. The van der Waals surface area contributed by atoms with Crippen LogP contribution in [-0.2, 0) is 11.2 Å². The van der Waals surface area contributed by atoms with Gasteiger partial charge in [0.1, 0.15) is 5.75 Å². The van der Waals surface area contributed by atoms with E-state index in [0.29, 0.717) is 29.4 Å². The number of hydrogen-bond acceptors (Lipinski definition) is 5. The molecule has 0 saturated carbocycles. The average molecular weight is 472 g/mol. The van der Waals surface area contributed by atoms with E-state index in [2.05, 4.69) is 10.5 Å². The second-order valence-electron chi connectivity index (χ2n) is 7.52. The number of nitrogens with one attached hydrogen (secondary N) is 1. The molecule has 1 aromatic heterocycles. The van der Waals surface area contributed by atoms with E-state index >= 15 is 0 Å². The van der Waals surface area contributed by atoms with Crippen LogP contribution in [0.5, 0.6) is 5.75 Å². The van der Waals surface area contributed by atoms with Crippen molar-refractivity contribution in [3.8, 4) is 11.8 Å². The number of nitrogens with zero attached hydrogens (tertiary/aromatic N) is 2. The van der Waals surface area contributed by atoms with Gasteiger partial charge in [-0.1, -0.05) is 53.2 Å². The molecule has 0 unspecified atom stereocenters. The Morgan fingerprint density at radius 1 is 1.09 bits per heavy atom. The monoisotopic (exact) mass is 471 g/mol. The van der Waals surface area contributed by atoms with Crippen molar-refractivity contribution in [3.05, 3.63) is 94.6 Å². The van der Waals surface area contributed by atoms with Gasteiger partial charge in [0, 0.05) is 28.9 Å². The van der Waals surface area contributed by atoms with Crippen molar-refractivity contribution in [3.63, 3.8) is 0 Å². The van der Waals surface area contributed by atoms with Crippen LogP contribution in [-0.4, -0.2) is 24.2 Å². The number of para-hydroxylation sites is 1. The maximum atomic E-state index is 12.8. The molecule has 4 aromatic rings. The second kappa shape index (κ2) is 11.2. The summed E-state index contributed by atoms with van der Waals surface area (Å²) in [6.45, 7) is 0.725. The molecule has 0 atom stereocenters. The normalized spacial score (nSPS) is 11.2. The zero-order valence-electron chi connectivity index (χ0n) is 18.3.